The third-order valence-corrected chi connectivity index (χ3v) is 2.54. The molecule has 0 atom stereocenters. The van der Waals surface area contributed by atoms with E-state index in [0.29, 0.717) is 11.7 Å². The van der Waals surface area contributed by atoms with Gasteiger partial charge in [0.25, 0.3) is 0 Å². The minimum atomic E-state index is 0.555. The topological polar surface area (TPSA) is 43.3 Å². The van der Waals surface area contributed by atoms with Gasteiger partial charge in [-0.1, -0.05) is 17.7 Å². The molecular weight excluding hydrogens is 198 g/mol. The molecule has 0 radical (unpaired) electrons. The number of nitrogens with zero attached hydrogens (tertiary/aromatic N) is 2. The first kappa shape index (κ1) is 9.49. The maximum Gasteiger partial charge on any atom is 0.154 e. The predicted molar refractivity (Wildman–Crippen MR) is 57.6 cm³/mol. The Labute approximate surface area is 87.5 Å². The lowest BCUT2D eigenvalue weighted by Gasteiger charge is -2.03. The fourth-order valence-electron chi connectivity index (χ4n) is 1.53. The first-order valence-corrected chi connectivity index (χ1v) is 5.01. The normalized spacial score (nSPS) is 11.0. The molecule has 0 fully saturated rings. The number of hydrogen-bond donors (Lipinski definition) is 1. The summed E-state index contributed by atoms with van der Waals surface area (Å²) in [5.41, 5.74) is 7.64. The van der Waals surface area contributed by atoms with Crippen molar-refractivity contribution in [2.24, 2.45) is 5.73 Å². The first-order chi connectivity index (χ1) is 6.83. The van der Waals surface area contributed by atoms with Gasteiger partial charge in [-0.3, -0.25) is 0 Å². The molecule has 2 aromatic heterocycles. The standard InChI is InChI=1S/C10H12ClN3/c11-10-9-5-1-3-8(4-2-6-12)14(9)7-13-10/h1,3,5,7H,2,4,6,12H2. The van der Waals surface area contributed by atoms with E-state index in [9.17, 15) is 0 Å². The second kappa shape index (κ2) is 3.98. The minimum Gasteiger partial charge on any atom is -0.330 e. The summed E-state index contributed by atoms with van der Waals surface area (Å²) in [7, 11) is 0. The van der Waals surface area contributed by atoms with Gasteiger partial charge in [-0.15, -0.1) is 0 Å². The summed E-state index contributed by atoms with van der Waals surface area (Å²) in [6.45, 7) is 0.707. The molecule has 2 rings (SSSR count). The van der Waals surface area contributed by atoms with Crippen molar-refractivity contribution in [1.29, 1.82) is 0 Å². The highest BCUT2D eigenvalue weighted by molar-refractivity contribution is 6.32. The summed E-state index contributed by atoms with van der Waals surface area (Å²) in [6.07, 6.45) is 3.69. The highest BCUT2D eigenvalue weighted by Crippen LogP contribution is 2.17. The molecule has 3 nitrogen and oxygen atoms in total. The van der Waals surface area contributed by atoms with E-state index in [0.717, 1.165) is 18.4 Å². The fraction of sp³-hybridized carbons (Fsp3) is 0.300. The van der Waals surface area contributed by atoms with Crippen LogP contribution >= 0.6 is 11.6 Å². The first-order valence-electron chi connectivity index (χ1n) is 4.63. The summed E-state index contributed by atoms with van der Waals surface area (Å²) in [4.78, 5) is 4.06. The van der Waals surface area contributed by atoms with Crippen molar-refractivity contribution in [3.05, 3.63) is 35.4 Å². The van der Waals surface area contributed by atoms with E-state index in [-0.39, 0.29) is 0 Å². The number of aromatic nitrogens is 2. The quantitative estimate of drug-likeness (QED) is 0.839. The van der Waals surface area contributed by atoms with Crippen LogP contribution in [0.15, 0.2) is 24.5 Å². The van der Waals surface area contributed by atoms with E-state index in [1.54, 1.807) is 6.33 Å². The Morgan fingerprint density at radius 1 is 1.43 bits per heavy atom. The third-order valence-electron chi connectivity index (χ3n) is 2.25. The molecular formula is C10H12ClN3. The lowest BCUT2D eigenvalue weighted by Crippen LogP contribution is -2.03. The van der Waals surface area contributed by atoms with E-state index in [1.165, 1.54) is 5.69 Å². The van der Waals surface area contributed by atoms with Crippen LogP contribution in [-0.4, -0.2) is 15.9 Å². The molecule has 0 amide bonds. The highest BCUT2D eigenvalue weighted by atomic mass is 35.5. The third kappa shape index (κ3) is 1.61. The Balaban J connectivity index is 2.44. The zero-order valence-corrected chi connectivity index (χ0v) is 8.54. The molecule has 4 heteroatoms. The largest absolute Gasteiger partial charge is 0.330 e. The number of imidazole rings is 1. The van der Waals surface area contributed by atoms with Gasteiger partial charge in [-0.2, -0.15) is 0 Å². The van der Waals surface area contributed by atoms with Crippen molar-refractivity contribution >= 4 is 17.1 Å². The number of rotatable bonds is 3. The molecule has 2 aromatic rings. The Kier molecular flexibility index (Phi) is 2.70. The van der Waals surface area contributed by atoms with Crippen molar-refractivity contribution in [2.75, 3.05) is 6.54 Å². The van der Waals surface area contributed by atoms with Crippen molar-refractivity contribution in [3.63, 3.8) is 0 Å². The number of fused-ring (bicyclic) bond motifs is 1. The number of nitrogens with two attached hydrogens (primary N) is 1. The fourth-order valence-corrected chi connectivity index (χ4v) is 1.73. The van der Waals surface area contributed by atoms with Gasteiger partial charge in [0.15, 0.2) is 5.15 Å². The van der Waals surface area contributed by atoms with E-state index in [4.69, 9.17) is 17.3 Å². The van der Waals surface area contributed by atoms with Gasteiger partial charge in [-0.25, -0.2) is 4.98 Å². The van der Waals surface area contributed by atoms with E-state index >= 15 is 0 Å². The van der Waals surface area contributed by atoms with Gasteiger partial charge < -0.3 is 10.1 Å². The Morgan fingerprint density at radius 2 is 2.29 bits per heavy atom. The second-order valence-electron chi connectivity index (χ2n) is 3.20. The SMILES string of the molecule is NCCCc1cccc2c(Cl)ncn12. The van der Waals surface area contributed by atoms with Crippen LogP contribution in [0.25, 0.3) is 5.52 Å². The Bertz CT molecular complexity index is 436. The molecule has 0 unspecified atom stereocenters. The van der Waals surface area contributed by atoms with Gasteiger partial charge in [0.2, 0.25) is 0 Å². The van der Waals surface area contributed by atoms with Gasteiger partial charge in [0, 0.05) is 5.69 Å². The molecule has 0 bridgehead atoms. The summed E-state index contributed by atoms with van der Waals surface area (Å²) in [6, 6.07) is 6.02. The average molecular weight is 210 g/mol. The maximum atomic E-state index is 5.92. The van der Waals surface area contributed by atoms with Crippen molar-refractivity contribution in [3.8, 4) is 0 Å². The van der Waals surface area contributed by atoms with E-state index < -0.39 is 0 Å². The lowest BCUT2D eigenvalue weighted by molar-refractivity contribution is 0.797. The smallest absolute Gasteiger partial charge is 0.154 e. The molecule has 0 saturated heterocycles. The number of hydrogen-bond acceptors (Lipinski definition) is 2. The van der Waals surface area contributed by atoms with Crippen LogP contribution in [-0.2, 0) is 6.42 Å². The molecule has 74 valence electrons. The predicted octanol–water partition coefficient (Wildman–Crippen LogP) is 1.88. The van der Waals surface area contributed by atoms with Gasteiger partial charge in [0.1, 0.15) is 6.33 Å². The Morgan fingerprint density at radius 3 is 3.07 bits per heavy atom. The van der Waals surface area contributed by atoms with E-state index in [1.807, 2.05) is 16.5 Å². The zero-order valence-electron chi connectivity index (χ0n) is 7.78. The summed E-state index contributed by atoms with van der Waals surface area (Å²) in [5, 5.41) is 0.555. The van der Waals surface area contributed by atoms with Crippen molar-refractivity contribution in [2.45, 2.75) is 12.8 Å². The molecule has 0 aliphatic rings. The average Bonchev–Trinajstić information content (AvgIpc) is 2.58. The molecule has 0 aliphatic carbocycles. The van der Waals surface area contributed by atoms with Crippen molar-refractivity contribution in [1.82, 2.24) is 9.38 Å². The summed E-state index contributed by atoms with van der Waals surface area (Å²) >= 11 is 5.92. The molecule has 2 N–H and O–H groups in total. The van der Waals surface area contributed by atoms with Crippen LogP contribution in [0.5, 0.6) is 0 Å². The van der Waals surface area contributed by atoms with Crippen LogP contribution in [0, 0.1) is 0 Å². The summed E-state index contributed by atoms with van der Waals surface area (Å²) in [5.74, 6) is 0. The monoisotopic (exact) mass is 209 g/mol. The highest BCUT2D eigenvalue weighted by Gasteiger charge is 2.03. The summed E-state index contributed by atoms with van der Waals surface area (Å²) < 4.78 is 2.01. The maximum absolute atomic E-state index is 5.92. The molecule has 0 spiro atoms. The number of halogens is 1. The van der Waals surface area contributed by atoms with Gasteiger partial charge in [-0.05, 0) is 31.5 Å². The van der Waals surface area contributed by atoms with Gasteiger partial charge in [0.05, 0.1) is 5.52 Å². The van der Waals surface area contributed by atoms with Crippen LogP contribution in [0.3, 0.4) is 0 Å². The second-order valence-corrected chi connectivity index (χ2v) is 3.56. The number of aryl methyl sites for hydroxylation is 1. The van der Waals surface area contributed by atoms with Crippen molar-refractivity contribution < 1.29 is 0 Å². The van der Waals surface area contributed by atoms with Crippen LogP contribution < -0.4 is 5.73 Å². The minimum absolute atomic E-state index is 0.555. The molecule has 0 saturated carbocycles. The van der Waals surface area contributed by atoms with Gasteiger partial charge >= 0.3 is 0 Å². The number of pyridine rings is 1. The van der Waals surface area contributed by atoms with Crippen LogP contribution in [0.2, 0.25) is 5.15 Å². The van der Waals surface area contributed by atoms with E-state index in [2.05, 4.69) is 11.1 Å². The van der Waals surface area contributed by atoms with Crippen LogP contribution in [0.1, 0.15) is 12.1 Å². The zero-order chi connectivity index (χ0) is 9.97. The Hall–Kier alpha value is -1.06. The van der Waals surface area contributed by atoms with Crippen LogP contribution in [0.4, 0.5) is 0 Å². The molecule has 14 heavy (non-hydrogen) atoms. The molecule has 2 heterocycles. The molecule has 0 aliphatic heterocycles. The molecule has 0 aromatic carbocycles. The lowest BCUT2D eigenvalue weighted by atomic mass is 10.2.